The standard InChI is InChI=1S/C12H18BrNO5/c1-19-10-3-8(2-9(13)11(10)18)4-14-12(5-15,6-16)7-17/h2-3,14-18H,4-7H2,1H3. The van der Waals surface area contributed by atoms with Crippen LogP contribution in [0.4, 0.5) is 0 Å². The molecule has 0 saturated carbocycles. The monoisotopic (exact) mass is 335 g/mol. The number of ether oxygens (including phenoxy) is 1. The predicted molar refractivity (Wildman–Crippen MR) is 73.2 cm³/mol. The van der Waals surface area contributed by atoms with E-state index in [-0.39, 0.29) is 12.3 Å². The topological polar surface area (TPSA) is 102 Å². The minimum Gasteiger partial charge on any atom is -0.503 e. The van der Waals surface area contributed by atoms with Crippen molar-refractivity contribution in [3.8, 4) is 11.5 Å². The van der Waals surface area contributed by atoms with Gasteiger partial charge in [-0.25, -0.2) is 0 Å². The molecule has 5 N–H and O–H groups in total. The normalized spacial score (nSPS) is 11.6. The van der Waals surface area contributed by atoms with E-state index in [1.165, 1.54) is 7.11 Å². The molecule has 0 bridgehead atoms. The molecule has 1 aromatic carbocycles. The first-order valence-corrected chi connectivity index (χ1v) is 6.44. The molecule has 0 radical (unpaired) electrons. The van der Waals surface area contributed by atoms with E-state index in [1.807, 2.05) is 0 Å². The van der Waals surface area contributed by atoms with Gasteiger partial charge in [0, 0.05) is 6.54 Å². The van der Waals surface area contributed by atoms with Crippen molar-refractivity contribution in [2.75, 3.05) is 26.9 Å². The summed E-state index contributed by atoms with van der Waals surface area (Å²) in [5.41, 5.74) is -0.376. The molecule has 0 fully saturated rings. The number of aliphatic hydroxyl groups excluding tert-OH is 3. The quantitative estimate of drug-likeness (QED) is 0.479. The van der Waals surface area contributed by atoms with Crippen molar-refractivity contribution < 1.29 is 25.2 Å². The highest BCUT2D eigenvalue weighted by atomic mass is 79.9. The summed E-state index contributed by atoms with van der Waals surface area (Å²) in [6.45, 7) is -0.889. The Hall–Kier alpha value is -0.860. The lowest BCUT2D eigenvalue weighted by Gasteiger charge is -2.29. The molecule has 1 aromatic rings. The highest BCUT2D eigenvalue weighted by molar-refractivity contribution is 9.10. The SMILES string of the molecule is COc1cc(CNC(CO)(CO)CO)cc(Br)c1O. The van der Waals surface area contributed by atoms with Gasteiger partial charge < -0.3 is 30.5 Å². The Morgan fingerprint density at radius 2 is 1.79 bits per heavy atom. The van der Waals surface area contributed by atoms with Gasteiger partial charge in [-0.1, -0.05) is 0 Å². The molecule has 7 heteroatoms. The summed E-state index contributed by atoms with van der Waals surface area (Å²) in [5, 5.41) is 40.2. The van der Waals surface area contributed by atoms with Gasteiger partial charge in [-0.15, -0.1) is 0 Å². The van der Waals surface area contributed by atoms with Crippen molar-refractivity contribution >= 4 is 15.9 Å². The Kier molecular flexibility index (Phi) is 6.02. The molecular weight excluding hydrogens is 318 g/mol. The van der Waals surface area contributed by atoms with Gasteiger partial charge in [-0.2, -0.15) is 0 Å². The summed E-state index contributed by atoms with van der Waals surface area (Å²) < 4.78 is 5.50. The molecule has 19 heavy (non-hydrogen) atoms. The third-order valence-electron chi connectivity index (χ3n) is 2.88. The second-order valence-electron chi connectivity index (χ2n) is 4.24. The zero-order valence-corrected chi connectivity index (χ0v) is 12.1. The smallest absolute Gasteiger partial charge is 0.172 e. The fourth-order valence-electron chi connectivity index (χ4n) is 1.49. The number of phenols is 1. The molecule has 0 amide bonds. The van der Waals surface area contributed by atoms with Crippen molar-refractivity contribution in [1.82, 2.24) is 5.32 Å². The van der Waals surface area contributed by atoms with Gasteiger partial charge in [0.2, 0.25) is 0 Å². The van der Waals surface area contributed by atoms with Gasteiger partial charge in [-0.05, 0) is 33.6 Å². The molecule has 0 aliphatic rings. The molecule has 0 atom stereocenters. The summed E-state index contributed by atoms with van der Waals surface area (Å²) >= 11 is 3.20. The Morgan fingerprint density at radius 3 is 2.26 bits per heavy atom. The van der Waals surface area contributed by atoms with Crippen LogP contribution in [0, 0.1) is 0 Å². The molecule has 0 aromatic heterocycles. The minimum absolute atomic E-state index is 0.00369. The molecule has 108 valence electrons. The number of benzene rings is 1. The van der Waals surface area contributed by atoms with Crippen LogP contribution in [0.1, 0.15) is 5.56 Å². The first-order valence-electron chi connectivity index (χ1n) is 5.65. The van der Waals surface area contributed by atoms with Crippen LogP contribution in [0.2, 0.25) is 0 Å². The third-order valence-corrected chi connectivity index (χ3v) is 3.49. The van der Waals surface area contributed by atoms with E-state index in [9.17, 15) is 20.4 Å². The van der Waals surface area contributed by atoms with Crippen molar-refractivity contribution in [2.45, 2.75) is 12.1 Å². The third kappa shape index (κ3) is 3.80. The van der Waals surface area contributed by atoms with E-state index < -0.39 is 25.4 Å². The average molecular weight is 336 g/mol. The second-order valence-corrected chi connectivity index (χ2v) is 5.09. The largest absolute Gasteiger partial charge is 0.503 e. The van der Waals surface area contributed by atoms with Crippen LogP contribution in [0.15, 0.2) is 16.6 Å². The van der Waals surface area contributed by atoms with Gasteiger partial charge in [-0.3, -0.25) is 0 Å². The van der Waals surface area contributed by atoms with E-state index in [0.717, 1.165) is 5.56 Å². The van der Waals surface area contributed by atoms with Crippen molar-refractivity contribution in [3.05, 3.63) is 22.2 Å². The number of aromatic hydroxyl groups is 1. The van der Waals surface area contributed by atoms with Crippen LogP contribution in [-0.2, 0) is 6.54 Å². The maximum absolute atomic E-state index is 9.68. The maximum Gasteiger partial charge on any atom is 0.172 e. The second kappa shape index (κ2) is 7.06. The van der Waals surface area contributed by atoms with E-state index in [4.69, 9.17) is 4.74 Å². The van der Waals surface area contributed by atoms with Crippen LogP contribution in [0.25, 0.3) is 0 Å². The highest BCUT2D eigenvalue weighted by Crippen LogP contribution is 2.35. The number of nitrogens with one attached hydrogen (secondary N) is 1. The van der Waals surface area contributed by atoms with Crippen molar-refractivity contribution in [3.63, 3.8) is 0 Å². The fraction of sp³-hybridized carbons (Fsp3) is 0.500. The van der Waals surface area contributed by atoms with Crippen LogP contribution in [-0.4, -0.2) is 52.9 Å². The molecule has 0 unspecified atom stereocenters. The van der Waals surface area contributed by atoms with E-state index in [0.29, 0.717) is 10.2 Å². The number of halogens is 1. The van der Waals surface area contributed by atoms with Gasteiger partial charge in [0.25, 0.3) is 0 Å². The molecule has 6 nitrogen and oxygen atoms in total. The lowest BCUT2D eigenvalue weighted by molar-refractivity contribution is 0.0413. The molecule has 1 rings (SSSR count). The Labute approximate surface area is 119 Å². The molecule has 0 aliphatic heterocycles. The summed E-state index contributed by atoms with van der Waals surface area (Å²) in [7, 11) is 1.44. The van der Waals surface area contributed by atoms with Crippen LogP contribution in [0.3, 0.4) is 0 Å². The van der Waals surface area contributed by atoms with Crippen molar-refractivity contribution in [2.24, 2.45) is 0 Å². The zero-order valence-electron chi connectivity index (χ0n) is 10.6. The zero-order chi connectivity index (χ0) is 14.5. The molecule has 0 spiro atoms. The highest BCUT2D eigenvalue weighted by Gasteiger charge is 2.27. The summed E-state index contributed by atoms with van der Waals surface area (Å²) in [5.74, 6) is 0.317. The summed E-state index contributed by atoms with van der Waals surface area (Å²) in [6, 6.07) is 3.31. The Morgan fingerprint density at radius 1 is 1.21 bits per heavy atom. The van der Waals surface area contributed by atoms with Gasteiger partial charge in [0.1, 0.15) is 0 Å². The van der Waals surface area contributed by atoms with Gasteiger partial charge in [0.15, 0.2) is 11.5 Å². The van der Waals surface area contributed by atoms with E-state index in [2.05, 4.69) is 21.2 Å². The number of phenolic OH excluding ortho intramolecular Hbond substituents is 1. The van der Waals surface area contributed by atoms with Crippen LogP contribution >= 0.6 is 15.9 Å². The Bertz CT molecular complexity index is 415. The number of rotatable bonds is 7. The van der Waals surface area contributed by atoms with E-state index in [1.54, 1.807) is 12.1 Å². The summed E-state index contributed by atoms with van der Waals surface area (Å²) in [6.07, 6.45) is 0. The number of hydrogen-bond acceptors (Lipinski definition) is 6. The number of aliphatic hydroxyl groups is 3. The fourth-order valence-corrected chi connectivity index (χ4v) is 1.98. The average Bonchev–Trinajstić information content (AvgIpc) is 2.44. The summed E-state index contributed by atoms with van der Waals surface area (Å²) in [4.78, 5) is 0. The number of methoxy groups -OCH3 is 1. The lowest BCUT2D eigenvalue weighted by atomic mass is 10.0. The molecular formula is C12H18BrNO5. The first kappa shape index (κ1) is 16.2. The van der Waals surface area contributed by atoms with Gasteiger partial charge in [0.05, 0.1) is 36.9 Å². The molecule has 0 saturated heterocycles. The number of hydrogen-bond donors (Lipinski definition) is 5. The maximum atomic E-state index is 9.68. The van der Waals surface area contributed by atoms with Crippen molar-refractivity contribution in [1.29, 1.82) is 0 Å². The van der Waals surface area contributed by atoms with Crippen LogP contribution in [0.5, 0.6) is 11.5 Å². The lowest BCUT2D eigenvalue weighted by Crippen LogP contribution is -2.54. The minimum atomic E-state index is -1.14. The van der Waals surface area contributed by atoms with E-state index >= 15 is 0 Å². The predicted octanol–water partition coefficient (Wildman–Crippen LogP) is -0.0314. The van der Waals surface area contributed by atoms with Crippen LogP contribution < -0.4 is 10.1 Å². The molecule has 0 heterocycles. The molecule has 0 aliphatic carbocycles. The Balaban J connectivity index is 2.86. The van der Waals surface area contributed by atoms with Gasteiger partial charge >= 0.3 is 0 Å². The first-order chi connectivity index (χ1) is 9.01.